The molecule has 0 bridgehead atoms. The lowest BCUT2D eigenvalue weighted by atomic mass is 10.1. The van der Waals surface area contributed by atoms with E-state index >= 15 is 0 Å². The Kier molecular flexibility index (Phi) is 6.79. The normalized spacial score (nSPS) is 19.1. The van der Waals surface area contributed by atoms with E-state index < -0.39 is 0 Å². The van der Waals surface area contributed by atoms with Gasteiger partial charge in [-0.05, 0) is 43.7 Å². The number of hydrogen-bond donors (Lipinski definition) is 2. The number of benzene rings is 2. The molecule has 2 amide bonds. The van der Waals surface area contributed by atoms with Crippen LogP contribution in [0, 0.1) is 0 Å². The second-order valence-corrected chi connectivity index (χ2v) is 6.84. The van der Waals surface area contributed by atoms with Crippen LogP contribution in [0.5, 0.6) is 0 Å². The molecule has 0 aliphatic carbocycles. The molecule has 6 nitrogen and oxygen atoms in total. The molecular weight excluding hydrogens is 354 g/mol. The van der Waals surface area contributed by atoms with E-state index in [1.54, 1.807) is 4.90 Å². The van der Waals surface area contributed by atoms with Crippen LogP contribution in [0.1, 0.15) is 19.4 Å². The fourth-order valence-electron chi connectivity index (χ4n) is 3.33. The largest absolute Gasteiger partial charge is 0.375 e. The van der Waals surface area contributed by atoms with Crippen molar-refractivity contribution in [3.8, 4) is 0 Å². The third-order valence-electron chi connectivity index (χ3n) is 4.86. The van der Waals surface area contributed by atoms with Crippen LogP contribution in [0.15, 0.2) is 54.6 Å². The van der Waals surface area contributed by atoms with Crippen LogP contribution in [0.3, 0.4) is 0 Å². The van der Waals surface area contributed by atoms with Gasteiger partial charge in [0.25, 0.3) is 0 Å². The maximum atomic E-state index is 12.7. The number of para-hydroxylation sites is 1. The van der Waals surface area contributed by atoms with Crippen LogP contribution in [-0.2, 0) is 20.7 Å². The first-order valence-electron chi connectivity index (χ1n) is 9.68. The van der Waals surface area contributed by atoms with Crippen LogP contribution >= 0.6 is 0 Å². The summed E-state index contributed by atoms with van der Waals surface area (Å²) in [6.45, 7) is 5.75. The average molecular weight is 381 g/mol. The van der Waals surface area contributed by atoms with Crippen molar-refractivity contribution in [1.29, 1.82) is 0 Å². The number of carbonyl (C=O) groups is 2. The Hall–Kier alpha value is -2.70. The summed E-state index contributed by atoms with van der Waals surface area (Å²) in [6.07, 6.45) is 0.148. The zero-order chi connectivity index (χ0) is 19.9. The number of ether oxygens (including phenoxy) is 1. The molecule has 1 saturated heterocycles. The molecule has 3 rings (SSSR count). The van der Waals surface area contributed by atoms with Crippen molar-refractivity contribution in [2.24, 2.45) is 0 Å². The third-order valence-corrected chi connectivity index (χ3v) is 4.86. The summed E-state index contributed by atoms with van der Waals surface area (Å²) in [7, 11) is 0. The van der Waals surface area contributed by atoms with Crippen molar-refractivity contribution < 1.29 is 14.3 Å². The van der Waals surface area contributed by atoms with Gasteiger partial charge in [-0.15, -0.1) is 0 Å². The average Bonchev–Trinajstić information content (AvgIpc) is 2.71. The molecule has 0 saturated carbocycles. The first-order valence-corrected chi connectivity index (χ1v) is 9.68. The number of rotatable bonds is 6. The monoisotopic (exact) mass is 381 g/mol. The SMILES string of the molecule is CCN(C(=O)Cc1ccc(NC(=O)[C@H]2NCCO[C@@H]2C)cc1)c1ccccc1. The second-order valence-electron chi connectivity index (χ2n) is 6.84. The Balaban J connectivity index is 1.59. The van der Waals surface area contributed by atoms with E-state index in [0.29, 0.717) is 31.8 Å². The van der Waals surface area contributed by atoms with Crippen molar-refractivity contribution in [3.05, 3.63) is 60.2 Å². The van der Waals surface area contributed by atoms with Gasteiger partial charge >= 0.3 is 0 Å². The van der Waals surface area contributed by atoms with Gasteiger partial charge in [0, 0.05) is 24.5 Å². The standard InChI is InChI=1S/C22H27N3O3/c1-3-25(19-7-5-4-6-8-19)20(26)15-17-9-11-18(12-10-17)24-22(27)21-16(2)28-14-13-23-21/h4-12,16,21,23H,3,13-15H2,1-2H3,(H,24,27)/t16-,21+/m1/s1. The molecule has 1 heterocycles. The predicted molar refractivity (Wildman–Crippen MR) is 110 cm³/mol. The number of morpholine rings is 1. The van der Waals surface area contributed by atoms with Crippen molar-refractivity contribution in [2.45, 2.75) is 32.4 Å². The highest BCUT2D eigenvalue weighted by molar-refractivity contribution is 5.96. The van der Waals surface area contributed by atoms with Crippen LogP contribution < -0.4 is 15.5 Å². The van der Waals surface area contributed by atoms with Gasteiger partial charge in [0.2, 0.25) is 11.8 Å². The third kappa shape index (κ3) is 4.97. The van der Waals surface area contributed by atoms with Gasteiger partial charge in [-0.25, -0.2) is 0 Å². The van der Waals surface area contributed by atoms with Gasteiger partial charge in [0.1, 0.15) is 6.04 Å². The van der Waals surface area contributed by atoms with E-state index in [1.165, 1.54) is 0 Å². The van der Waals surface area contributed by atoms with Gasteiger partial charge in [-0.1, -0.05) is 30.3 Å². The summed E-state index contributed by atoms with van der Waals surface area (Å²) >= 11 is 0. The van der Waals surface area contributed by atoms with Gasteiger partial charge in [-0.3, -0.25) is 9.59 Å². The molecule has 0 unspecified atom stereocenters. The number of amides is 2. The lowest BCUT2D eigenvalue weighted by molar-refractivity contribution is -0.123. The summed E-state index contributed by atoms with van der Waals surface area (Å²) in [5.74, 6) is -0.0693. The number of likely N-dealkylation sites (N-methyl/N-ethyl adjacent to an activating group) is 1. The molecule has 2 N–H and O–H groups in total. The molecule has 1 fully saturated rings. The minimum Gasteiger partial charge on any atom is -0.375 e. The molecule has 1 aliphatic heterocycles. The minimum atomic E-state index is -0.362. The second kappa shape index (κ2) is 9.48. The number of nitrogens with zero attached hydrogens (tertiary/aromatic N) is 1. The Morgan fingerprint density at radius 2 is 1.86 bits per heavy atom. The first kappa shape index (κ1) is 20.0. The molecule has 28 heavy (non-hydrogen) atoms. The molecule has 0 spiro atoms. The fraction of sp³-hybridized carbons (Fsp3) is 0.364. The van der Waals surface area contributed by atoms with Crippen molar-refractivity contribution in [2.75, 3.05) is 29.9 Å². The Morgan fingerprint density at radius 1 is 1.14 bits per heavy atom. The number of nitrogens with one attached hydrogen (secondary N) is 2. The first-order chi connectivity index (χ1) is 13.6. The van der Waals surface area contributed by atoms with Crippen molar-refractivity contribution >= 4 is 23.2 Å². The maximum absolute atomic E-state index is 12.7. The zero-order valence-electron chi connectivity index (χ0n) is 16.4. The summed E-state index contributed by atoms with van der Waals surface area (Å²) in [5.41, 5.74) is 2.51. The highest BCUT2D eigenvalue weighted by atomic mass is 16.5. The summed E-state index contributed by atoms with van der Waals surface area (Å²) in [5, 5.41) is 6.08. The van der Waals surface area contributed by atoms with Gasteiger partial charge < -0.3 is 20.3 Å². The molecule has 2 aromatic carbocycles. The topological polar surface area (TPSA) is 70.7 Å². The maximum Gasteiger partial charge on any atom is 0.244 e. The molecule has 1 aliphatic rings. The van der Waals surface area contributed by atoms with Crippen LogP contribution in [0.25, 0.3) is 0 Å². The van der Waals surface area contributed by atoms with Gasteiger partial charge in [0.15, 0.2) is 0 Å². The number of carbonyl (C=O) groups excluding carboxylic acids is 2. The van der Waals surface area contributed by atoms with E-state index in [1.807, 2.05) is 68.4 Å². The molecule has 0 aromatic heterocycles. The van der Waals surface area contributed by atoms with E-state index in [-0.39, 0.29) is 24.0 Å². The summed E-state index contributed by atoms with van der Waals surface area (Å²) < 4.78 is 5.52. The van der Waals surface area contributed by atoms with E-state index in [2.05, 4.69) is 10.6 Å². The molecule has 6 heteroatoms. The smallest absolute Gasteiger partial charge is 0.244 e. The molecular formula is C22H27N3O3. The van der Waals surface area contributed by atoms with Crippen LogP contribution in [-0.4, -0.2) is 43.7 Å². The van der Waals surface area contributed by atoms with Crippen LogP contribution in [0.4, 0.5) is 11.4 Å². The molecule has 148 valence electrons. The molecule has 2 aromatic rings. The Bertz CT molecular complexity index is 792. The predicted octanol–water partition coefficient (Wildman–Crippen LogP) is 2.60. The lowest BCUT2D eigenvalue weighted by Crippen LogP contribution is -2.53. The van der Waals surface area contributed by atoms with E-state index in [0.717, 1.165) is 11.3 Å². The lowest BCUT2D eigenvalue weighted by Gasteiger charge is -2.29. The quantitative estimate of drug-likeness (QED) is 0.807. The number of hydrogen-bond acceptors (Lipinski definition) is 4. The highest BCUT2D eigenvalue weighted by Gasteiger charge is 2.28. The van der Waals surface area contributed by atoms with E-state index in [9.17, 15) is 9.59 Å². The minimum absolute atomic E-state index is 0.0443. The van der Waals surface area contributed by atoms with Crippen molar-refractivity contribution in [1.82, 2.24) is 5.32 Å². The molecule has 0 radical (unpaired) electrons. The van der Waals surface area contributed by atoms with Crippen LogP contribution in [0.2, 0.25) is 0 Å². The highest BCUT2D eigenvalue weighted by Crippen LogP contribution is 2.17. The van der Waals surface area contributed by atoms with Gasteiger partial charge in [-0.2, -0.15) is 0 Å². The molecule has 2 atom stereocenters. The summed E-state index contributed by atoms with van der Waals surface area (Å²) in [6, 6.07) is 16.7. The Labute approximate surface area is 165 Å². The van der Waals surface area contributed by atoms with E-state index in [4.69, 9.17) is 4.74 Å². The summed E-state index contributed by atoms with van der Waals surface area (Å²) in [4.78, 5) is 26.9. The Morgan fingerprint density at radius 3 is 2.50 bits per heavy atom. The van der Waals surface area contributed by atoms with Gasteiger partial charge in [0.05, 0.1) is 19.1 Å². The zero-order valence-corrected chi connectivity index (χ0v) is 16.4. The fourth-order valence-corrected chi connectivity index (χ4v) is 3.33. The van der Waals surface area contributed by atoms with Crippen molar-refractivity contribution in [3.63, 3.8) is 0 Å². The number of anilines is 2.